The van der Waals surface area contributed by atoms with Crippen LogP contribution in [0.5, 0.6) is 5.75 Å². The molecule has 0 aliphatic rings. The zero-order valence-corrected chi connectivity index (χ0v) is 11.8. The van der Waals surface area contributed by atoms with Crippen molar-refractivity contribution in [3.63, 3.8) is 0 Å². The number of hydrogen-bond acceptors (Lipinski definition) is 4. The molecule has 1 aromatic heterocycles. The van der Waals surface area contributed by atoms with Gasteiger partial charge < -0.3 is 10.1 Å². The summed E-state index contributed by atoms with van der Waals surface area (Å²) in [5, 5.41) is 11.8. The van der Waals surface area contributed by atoms with Crippen LogP contribution in [0.15, 0.2) is 24.3 Å². The lowest BCUT2D eigenvalue weighted by Gasteiger charge is -2.12. The minimum atomic E-state index is 0.826. The summed E-state index contributed by atoms with van der Waals surface area (Å²) in [6, 6.07) is 7.88. The molecule has 0 atom stereocenters. The summed E-state index contributed by atoms with van der Waals surface area (Å²) in [5.41, 5.74) is 4.20. The third-order valence-electron chi connectivity index (χ3n) is 3.21. The molecular formula is C15H19N3O. The normalized spacial score (nSPS) is 10.3. The fourth-order valence-electron chi connectivity index (χ4n) is 1.99. The molecule has 0 radical (unpaired) electrons. The summed E-state index contributed by atoms with van der Waals surface area (Å²) >= 11 is 0. The van der Waals surface area contributed by atoms with Gasteiger partial charge in [0.2, 0.25) is 0 Å². The van der Waals surface area contributed by atoms with Crippen molar-refractivity contribution in [3.8, 4) is 17.0 Å². The average molecular weight is 257 g/mol. The minimum absolute atomic E-state index is 0.826. The maximum Gasteiger partial charge on any atom is 0.151 e. The van der Waals surface area contributed by atoms with Crippen LogP contribution in [0.3, 0.4) is 0 Å². The van der Waals surface area contributed by atoms with E-state index in [0.29, 0.717) is 0 Å². The van der Waals surface area contributed by atoms with E-state index in [4.69, 9.17) is 4.74 Å². The number of benzene rings is 1. The van der Waals surface area contributed by atoms with Crippen molar-refractivity contribution in [2.75, 3.05) is 19.0 Å². The Morgan fingerprint density at radius 2 is 1.95 bits per heavy atom. The summed E-state index contributed by atoms with van der Waals surface area (Å²) in [6.45, 7) is 7.02. The highest BCUT2D eigenvalue weighted by Gasteiger charge is 2.11. The zero-order chi connectivity index (χ0) is 13.8. The van der Waals surface area contributed by atoms with Gasteiger partial charge in [-0.15, -0.1) is 10.2 Å². The van der Waals surface area contributed by atoms with Gasteiger partial charge in [0.25, 0.3) is 0 Å². The molecule has 2 aromatic rings. The fraction of sp³-hybridized carbons (Fsp3) is 0.333. The predicted molar refractivity (Wildman–Crippen MR) is 77.7 cm³/mol. The highest BCUT2D eigenvalue weighted by Crippen LogP contribution is 2.28. The largest absolute Gasteiger partial charge is 0.497 e. The first-order valence-corrected chi connectivity index (χ1v) is 6.39. The first kappa shape index (κ1) is 13.3. The first-order valence-electron chi connectivity index (χ1n) is 6.39. The molecule has 4 nitrogen and oxygen atoms in total. The van der Waals surface area contributed by atoms with E-state index in [1.165, 1.54) is 0 Å². The molecule has 0 unspecified atom stereocenters. The van der Waals surface area contributed by atoms with Gasteiger partial charge in [-0.2, -0.15) is 0 Å². The van der Waals surface area contributed by atoms with Crippen molar-refractivity contribution in [2.24, 2.45) is 0 Å². The number of nitrogens with one attached hydrogen (secondary N) is 1. The van der Waals surface area contributed by atoms with Gasteiger partial charge >= 0.3 is 0 Å². The van der Waals surface area contributed by atoms with Gasteiger partial charge in [0.05, 0.1) is 12.8 Å². The highest BCUT2D eigenvalue weighted by atomic mass is 16.5. The second kappa shape index (κ2) is 5.69. The van der Waals surface area contributed by atoms with Crippen LogP contribution in [-0.4, -0.2) is 23.9 Å². The second-order valence-corrected chi connectivity index (χ2v) is 4.41. The Balaban J connectivity index is 2.48. The Labute approximate surface area is 113 Å². The van der Waals surface area contributed by atoms with Crippen LogP contribution in [-0.2, 0) is 0 Å². The molecule has 0 spiro atoms. The molecular weight excluding hydrogens is 238 g/mol. The standard InChI is InChI=1S/C15H19N3O/c1-5-16-15-11(3)10(2)14(17-18-15)12-7-6-8-13(9-12)19-4/h6-9H,5H2,1-4H3,(H,16,18). The van der Waals surface area contributed by atoms with Gasteiger partial charge in [0.1, 0.15) is 5.75 Å². The second-order valence-electron chi connectivity index (χ2n) is 4.41. The first-order chi connectivity index (χ1) is 9.17. The van der Waals surface area contributed by atoms with Crippen LogP contribution < -0.4 is 10.1 Å². The van der Waals surface area contributed by atoms with Crippen molar-refractivity contribution in [1.82, 2.24) is 10.2 Å². The summed E-state index contributed by atoms with van der Waals surface area (Å²) in [7, 11) is 1.66. The van der Waals surface area contributed by atoms with Crippen LogP contribution in [0.1, 0.15) is 18.1 Å². The van der Waals surface area contributed by atoms with Gasteiger partial charge in [-0.3, -0.25) is 0 Å². The molecule has 0 saturated heterocycles. The van der Waals surface area contributed by atoms with E-state index in [0.717, 1.165) is 40.5 Å². The third-order valence-corrected chi connectivity index (χ3v) is 3.21. The van der Waals surface area contributed by atoms with Crippen LogP contribution in [0.25, 0.3) is 11.3 Å². The van der Waals surface area contributed by atoms with E-state index in [-0.39, 0.29) is 0 Å². The minimum Gasteiger partial charge on any atom is -0.497 e. The van der Waals surface area contributed by atoms with E-state index in [9.17, 15) is 0 Å². The Morgan fingerprint density at radius 1 is 1.16 bits per heavy atom. The molecule has 0 amide bonds. The number of anilines is 1. The molecule has 0 saturated carbocycles. The molecule has 19 heavy (non-hydrogen) atoms. The molecule has 1 N–H and O–H groups in total. The summed E-state index contributed by atoms with van der Waals surface area (Å²) in [6.07, 6.45) is 0. The maximum atomic E-state index is 5.25. The number of nitrogens with zero attached hydrogens (tertiary/aromatic N) is 2. The monoisotopic (exact) mass is 257 g/mol. The molecule has 2 rings (SSSR count). The van der Waals surface area contributed by atoms with E-state index in [1.807, 2.05) is 31.2 Å². The van der Waals surface area contributed by atoms with Crippen LogP contribution in [0.4, 0.5) is 5.82 Å². The van der Waals surface area contributed by atoms with Gasteiger partial charge in [0.15, 0.2) is 5.82 Å². The average Bonchev–Trinajstić information content (AvgIpc) is 2.44. The number of ether oxygens (including phenoxy) is 1. The van der Waals surface area contributed by atoms with E-state index >= 15 is 0 Å². The Kier molecular flexibility index (Phi) is 4.00. The Morgan fingerprint density at radius 3 is 2.63 bits per heavy atom. The molecule has 1 heterocycles. The van der Waals surface area contributed by atoms with Gasteiger partial charge in [-0.1, -0.05) is 12.1 Å². The van der Waals surface area contributed by atoms with E-state index in [2.05, 4.69) is 29.4 Å². The summed E-state index contributed by atoms with van der Waals surface area (Å²) in [4.78, 5) is 0. The third kappa shape index (κ3) is 2.67. The van der Waals surface area contributed by atoms with Crippen molar-refractivity contribution in [3.05, 3.63) is 35.4 Å². The van der Waals surface area contributed by atoms with Gasteiger partial charge in [-0.25, -0.2) is 0 Å². The Bertz CT molecular complexity index is 582. The number of hydrogen-bond donors (Lipinski definition) is 1. The lowest BCUT2D eigenvalue weighted by molar-refractivity contribution is 0.415. The molecule has 0 aliphatic carbocycles. The van der Waals surface area contributed by atoms with Gasteiger partial charge in [-0.05, 0) is 44.0 Å². The Hall–Kier alpha value is -2.10. The molecule has 0 aliphatic heterocycles. The van der Waals surface area contributed by atoms with E-state index in [1.54, 1.807) is 7.11 Å². The topological polar surface area (TPSA) is 47.0 Å². The molecule has 1 aromatic carbocycles. The lowest BCUT2D eigenvalue weighted by atomic mass is 10.0. The quantitative estimate of drug-likeness (QED) is 0.913. The van der Waals surface area contributed by atoms with Crippen molar-refractivity contribution in [1.29, 1.82) is 0 Å². The zero-order valence-electron chi connectivity index (χ0n) is 11.8. The van der Waals surface area contributed by atoms with Crippen LogP contribution >= 0.6 is 0 Å². The molecule has 0 fully saturated rings. The highest BCUT2D eigenvalue weighted by molar-refractivity contribution is 5.67. The van der Waals surface area contributed by atoms with Crippen molar-refractivity contribution >= 4 is 5.82 Å². The van der Waals surface area contributed by atoms with E-state index < -0.39 is 0 Å². The smallest absolute Gasteiger partial charge is 0.151 e. The molecule has 100 valence electrons. The number of rotatable bonds is 4. The molecule has 0 bridgehead atoms. The van der Waals surface area contributed by atoms with Gasteiger partial charge in [0, 0.05) is 12.1 Å². The lowest BCUT2D eigenvalue weighted by Crippen LogP contribution is -2.06. The number of aromatic nitrogens is 2. The van der Waals surface area contributed by atoms with Crippen molar-refractivity contribution < 1.29 is 4.74 Å². The summed E-state index contributed by atoms with van der Waals surface area (Å²) < 4.78 is 5.25. The van der Waals surface area contributed by atoms with Crippen molar-refractivity contribution in [2.45, 2.75) is 20.8 Å². The molecule has 4 heteroatoms. The predicted octanol–water partition coefficient (Wildman–Crippen LogP) is 3.20. The van der Waals surface area contributed by atoms with Crippen LogP contribution in [0, 0.1) is 13.8 Å². The fourth-order valence-corrected chi connectivity index (χ4v) is 1.99. The number of methoxy groups -OCH3 is 1. The maximum absolute atomic E-state index is 5.25. The summed E-state index contributed by atoms with van der Waals surface area (Å²) in [5.74, 6) is 1.68. The SMILES string of the molecule is CCNc1nnc(-c2cccc(OC)c2)c(C)c1C. The van der Waals surface area contributed by atoms with Crippen LogP contribution in [0.2, 0.25) is 0 Å².